The van der Waals surface area contributed by atoms with Crippen molar-refractivity contribution in [1.29, 1.82) is 0 Å². The van der Waals surface area contributed by atoms with Crippen molar-refractivity contribution >= 4 is 11.6 Å². The Kier molecular flexibility index (Phi) is 7.26. The quantitative estimate of drug-likeness (QED) is 0.668. The zero-order chi connectivity index (χ0) is 20.6. The van der Waals surface area contributed by atoms with E-state index in [-0.39, 0.29) is 31.4 Å². The number of amides is 1. The molecule has 2 aromatic carbocycles. The highest BCUT2D eigenvalue weighted by molar-refractivity contribution is 5.92. The van der Waals surface area contributed by atoms with E-state index in [0.29, 0.717) is 42.7 Å². The first kappa shape index (κ1) is 20.9. The number of ether oxygens (including phenoxy) is 3. The van der Waals surface area contributed by atoms with Crippen LogP contribution in [0.5, 0.6) is 17.2 Å². The van der Waals surface area contributed by atoms with Gasteiger partial charge in [0.15, 0.2) is 11.5 Å². The van der Waals surface area contributed by atoms with E-state index in [1.165, 1.54) is 24.3 Å². The van der Waals surface area contributed by atoms with Gasteiger partial charge in [0.05, 0.1) is 6.54 Å². The number of nitrogens with one attached hydrogen (secondary N) is 1. The van der Waals surface area contributed by atoms with Crippen molar-refractivity contribution in [3.8, 4) is 17.2 Å². The Bertz CT molecular complexity index is 815. The van der Waals surface area contributed by atoms with Crippen molar-refractivity contribution in [2.45, 2.75) is 13.0 Å². The number of benzene rings is 2. The van der Waals surface area contributed by atoms with Crippen molar-refractivity contribution in [3.63, 3.8) is 0 Å². The van der Waals surface area contributed by atoms with E-state index in [4.69, 9.17) is 14.2 Å². The third-order valence-electron chi connectivity index (χ3n) is 4.37. The average Bonchev–Trinajstić information content (AvgIpc) is 2.72. The van der Waals surface area contributed by atoms with Crippen LogP contribution in [0.4, 0.5) is 10.1 Å². The first-order valence-electron chi connectivity index (χ1n) is 9.51. The van der Waals surface area contributed by atoms with Crippen LogP contribution in [-0.4, -0.2) is 61.5 Å². The highest BCUT2D eigenvalue weighted by atomic mass is 19.1. The van der Waals surface area contributed by atoms with Gasteiger partial charge in [-0.05, 0) is 42.9 Å². The fourth-order valence-corrected chi connectivity index (χ4v) is 2.90. The molecule has 29 heavy (non-hydrogen) atoms. The topological polar surface area (TPSA) is 80.3 Å². The van der Waals surface area contributed by atoms with Gasteiger partial charge in [-0.1, -0.05) is 6.92 Å². The van der Waals surface area contributed by atoms with E-state index in [1.807, 2.05) is 11.8 Å². The SMILES string of the molecule is CCN(CC(=O)Nc1ccc2c(c1)OCCO2)CC(O)COc1ccc(F)cc1. The van der Waals surface area contributed by atoms with Gasteiger partial charge in [-0.2, -0.15) is 0 Å². The Morgan fingerprint density at radius 2 is 1.93 bits per heavy atom. The molecule has 3 rings (SSSR count). The van der Waals surface area contributed by atoms with Crippen LogP contribution in [0, 0.1) is 5.82 Å². The van der Waals surface area contributed by atoms with E-state index in [1.54, 1.807) is 18.2 Å². The summed E-state index contributed by atoms with van der Waals surface area (Å²) in [5, 5.41) is 13.0. The molecule has 1 aliphatic heterocycles. The third-order valence-corrected chi connectivity index (χ3v) is 4.37. The van der Waals surface area contributed by atoms with E-state index in [0.717, 1.165) is 0 Å². The normalized spacial score (nSPS) is 13.8. The molecule has 1 amide bonds. The predicted octanol–water partition coefficient (Wildman–Crippen LogP) is 2.30. The molecule has 1 heterocycles. The Morgan fingerprint density at radius 1 is 1.21 bits per heavy atom. The van der Waals surface area contributed by atoms with Crippen molar-refractivity contribution in [3.05, 3.63) is 48.3 Å². The maximum atomic E-state index is 12.9. The molecule has 0 saturated carbocycles. The summed E-state index contributed by atoms with van der Waals surface area (Å²) in [7, 11) is 0. The second kappa shape index (κ2) is 10.1. The molecule has 1 unspecified atom stereocenters. The lowest BCUT2D eigenvalue weighted by molar-refractivity contribution is -0.117. The number of likely N-dealkylation sites (N-methyl/N-ethyl adjacent to an activating group) is 1. The van der Waals surface area contributed by atoms with Gasteiger partial charge in [-0.15, -0.1) is 0 Å². The van der Waals surface area contributed by atoms with Gasteiger partial charge in [-0.25, -0.2) is 4.39 Å². The van der Waals surface area contributed by atoms with Crippen molar-refractivity contribution < 1.29 is 28.5 Å². The van der Waals surface area contributed by atoms with Crippen LogP contribution in [0.1, 0.15) is 6.92 Å². The molecular weight excluding hydrogens is 379 g/mol. The number of fused-ring (bicyclic) bond motifs is 1. The van der Waals surface area contributed by atoms with Gasteiger partial charge in [0.2, 0.25) is 5.91 Å². The Morgan fingerprint density at radius 3 is 2.66 bits per heavy atom. The molecule has 0 aliphatic carbocycles. The van der Waals surface area contributed by atoms with Gasteiger partial charge in [-0.3, -0.25) is 9.69 Å². The van der Waals surface area contributed by atoms with Crippen molar-refractivity contribution in [2.24, 2.45) is 0 Å². The molecule has 0 aromatic heterocycles. The highest BCUT2D eigenvalue weighted by Crippen LogP contribution is 2.32. The Balaban J connectivity index is 1.45. The molecule has 8 heteroatoms. The van der Waals surface area contributed by atoms with E-state index < -0.39 is 6.10 Å². The summed E-state index contributed by atoms with van der Waals surface area (Å²) >= 11 is 0. The minimum absolute atomic E-state index is 0.0475. The summed E-state index contributed by atoms with van der Waals surface area (Å²) in [6, 6.07) is 10.8. The van der Waals surface area contributed by atoms with Crippen molar-refractivity contribution in [2.75, 3.05) is 44.8 Å². The second-order valence-electron chi connectivity index (χ2n) is 6.65. The number of halogens is 1. The Hall–Kier alpha value is -2.84. The van der Waals surface area contributed by atoms with Crippen LogP contribution < -0.4 is 19.5 Å². The van der Waals surface area contributed by atoms with Crippen LogP contribution >= 0.6 is 0 Å². The first-order valence-corrected chi connectivity index (χ1v) is 9.51. The second-order valence-corrected chi connectivity index (χ2v) is 6.65. The molecule has 0 saturated heterocycles. The maximum Gasteiger partial charge on any atom is 0.238 e. The summed E-state index contributed by atoms with van der Waals surface area (Å²) in [4.78, 5) is 14.2. The van der Waals surface area contributed by atoms with Crippen LogP contribution in [0.3, 0.4) is 0 Å². The zero-order valence-electron chi connectivity index (χ0n) is 16.3. The zero-order valence-corrected chi connectivity index (χ0v) is 16.3. The molecule has 1 aliphatic rings. The molecule has 0 bridgehead atoms. The summed E-state index contributed by atoms with van der Waals surface area (Å²) < 4.78 is 29.3. The monoisotopic (exact) mass is 404 g/mol. The minimum atomic E-state index is -0.790. The highest BCUT2D eigenvalue weighted by Gasteiger charge is 2.16. The predicted molar refractivity (Wildman–Crippen MR) is 106 cm³/mol. The fraction of sp³-hybridized carbons (Fsp3) is 0.381. The number of anilines is 1. The first-order chi connectivity index (χ1) is 14.0. The molecule has 156 valence electrons. The van der Waals surface area contributed by atoms with Gasteiger partial charge < -0.3 is 24.6 Å². The van der Waals surface area contributed by atoms with Crippen LogP contribution in [0.25, 0.3) is 0 Å². The average molecular weight is 404 g/mol. The minimum Gasteiger partial charge on any atom is -0.491 e. The number of carbonyl (C=O) groups is 1. The summed E-state index contributed by atoms with van der Waals surface area (Å²) in [5.41, 5.74) is 0.621. The third kappa shape index (κ3) is 6.33. The molecule has 0 spiro atoms. The lowest BCUT2D eigenvalue weighted by atomic mass is 10.2. The fourth-order valence-electron chi connectivity index (χ4n) is 2.90. The lowest BCUT2D eigenvalue weighted by Crippen LogP contribution is -2.40. The van der Waals surface area contributed by atoms with Crippen molar-refractivity contribution in [1.82, 2.24) is 4.90 Å². The number of hydrogen-bond acceptors (Lipinski definition) is 6. The Labute approximate surface area is 169 Å². The molecule has 2 aromatic rings. The van der Waals surface area contributed by atoms with Gasteiger partial charge in [0.1, 0.15) is 37.5 Å². The lowest BCUT2D eigenvalue weighted by Gasteiger charge is -2.23. The molecule has 1 atom stereocenters. The van der Waals surface area contributed by atoms with Crippen LogP contribution in [0.2, 0.25) is 0 Å². The standard InChI is InChI=1S/C21H25FN2O5/c1-2-24(12-17(25)14-29-18-6-3-15(22)4-7-18)13-21(26)23-16-5-8-19-20(11-16)28-10-9-27-19/h3-8,11,17,25H,2,9-10,12-14H2,1H3,(H,23,26). The number of nitrogens with zero attached hydrogens (tertiary/aromatic N) is 1. The maximum absolute atomic E-state index is 12.9. The van der Waals surface area contributed by atoms with Gasteiger partial charge in [0.25, 0.3) is 0 Å². The number of aliphatic hydroxyl groups is 1. The summed E-state index contributed by atoms with van der Waals surface area (Å²) in [6.07, 6.45) is -0.790. The molecule has 2 N–H and O–H groups in total. The largest absolute Gasteiger partial charge is 0.491 e. The number of aliphatic hydroxyl groups excluding tert-OH is 1. The molecular formula is C21H25FN2O5. The van der Waals surface area contributed by atoms with Gasteiger partial charge in [0, 0.05) is 18.3 Å². The van der Waals surface area contributed by atoms with Crippen LogP contribution in [-0.2, 0) is 4.79 Å². The van der Waals surface area contributed by atoms with E-state index in [2.05, 4.69) is 5.32 Å². The van der Waals surface area contributed by atoms with Crippen LogP contribution in [0.15, 0.2) is 42.5 Å². The molecule has 0 fully saturated rings. The number of rotatable bonds is 9. The summed E-state index contributed by atoms with van der Waals surface area (Å²) in [6.45, 7) is 3.92. The number of carbonyl (C=O) groups excluding carboxylic acids is 1. The number of hydrogen-bond donors (Lipinski definition) is 2. The molecule has 7 nitrogen and oxygen atoms in total. The summed E-state index contributed by atoms with van der Waals surface area (Å²) in [5.74, 6) is 1.20. The molecule has 0 radical (unpaired) electrons. The van der Waals surface area contributed by atoms with E-state index in [9.17, 15) is 14.3 Å². The van der Waals surface area contributed by atoms with Gasteiger partial charge >= 0.3 is 0 Å². The van der Waals surface area contributed by atoms with E-state index >= 15 is 0 Å². The smallest absolute Gasteiger partial charge is 0.238 e.